The predicted molar refractivity (Wildman–Crippen MR) is 102 cm³/mol. The summed E-state index contributed by atoms with van der Waals surface area (Å²) in [5, 5.41) is 12.8. The summed E-state index contributed by atoms with van der Waals surface area (Å²) in [6, 6.07) is 4.71. The number of thioether (sulfide) groups is 1. The number of hydrogen-bond acceptors (Lipinski definition) is 5. The summed E-state index contributed by atoms with van der Waals surface area (Å²) in [5.41, 5.74) is 0. The van der Waals surface area contributed by atoms with Crippen molar-refractivity contribution in [3.05, 3.63) is 28.2 Å². The van der Waals surface area contributed by atoms with E-state index in [1.807, 2.05) is 11.8 Å². The minimum absolute atomic E-state index is 0.0719. The van der Waals surface area contributed by atoms with E-state index < -0.39 is 0 Å². The molecule has 0 aliphatic carbocycles. The van der Waals surface area contributed by atoms with Crippen LogP contribution in [0.15, 0.2) is 22.7 Å². The molecule has 0 radical (unpaired) electrons. The molecule has 1 fully saturated rings. The molecule has 6 nitrogen and oxygen atoms in total. The number of aryl methyl sites for hydroxylation is 2. The third kappa shape index (κ3) is 5.47. The minimum Gasteiger partial charge on any atom is -0.337 e. The monoisotopic (exact) mass is 379 g/mol. The van der Waals surface area contributed by atoms with E-state index in [1.165, 1.54) is 11.3 Å². The first kappa shape index (κ1) is 18.3. The van der Waals surface area contributed by atoms with Crippen LogP contribution in [0.2, 0.25) is 0 Å². The molecule has 8 heteroatoms. The summed E-state index contributed by atoms with van der Waals surface area (Å²) >= 11 is 3.36. The number of rotatable bonds is 7. The van der Waals surface area contributed by atoms with E-state index in [9.17, 15) is 4.79 Å². The van der Waals surface area contributed by atoms with Gasteiger partial charge in [-0.1, -0.05) is 17.8 Å². The van der Waals surface area contributed by atoms with Crippen LogP contribution < -0.4 is 5.32 Å². The van der Waals surface area contributed by atoms with Crippen molar-refractivity contribution in [1.29, 1.82) is 0 Å². The Bertz CT molecular complexity index is 658. The number of thiophene rings is 1. The number of nitrogens with zero attached hydrogens (tertiary/aromatic N) is 3. The third-order valence-electron chi connectivity index (χ3n) is 4.38. The zero-order valence-corrected chi connectivity index (χ0v) is 16.2. The van der Waals surface area contributed by atoms with Crippen LogP contribution in [-0.4, -0.2) is 51.0 Å². The second-order valence-corrected chi connectivity index (χ2v) is 8.34. The number of hydrogen-bond donors (Lipinski definition) is 2. The number of piperidine rings is 1. The van der Waals surface area contributed by atoms with Crippen LogP contribution in [0.4, 0.5) is 4.79 Å². The third-order valence-corrected chi connectivity index (χ3v) is 6.16. The van der Waals surface area contributed by atoms with E-state index in [4.69, 9.17) is 0 Å². The average Bonchev–Trinajstić information content (AvgIpc) is 3.28. The summed E-state index contributed by atoms with van der Waals surface area (Å²) in [6.07, 6.45) is 5.56. The highest BCUT2D eigenvalue weighted by molar-refractivity contribution is 7.99. The molecule has 2 aromatic heterocycles. The van der Waals surface area contributed by atoms with Crippen LogP contribution in [0.1, 0.15) is 36.4 Å². The maximum atomic E-state index is 12.6. The molecule has 1 saturated heterocycles. The van der Waals surface area contributed by atoms with E-state index in [0.29, 0.717) is 12.6 Å². The van der Waals surface area contributed by atoms with Crippen LogP contribution in [-0.2, 0) is 6.42 Å². The molecule has 2 amide bonds. The topological polar surface area (TPSA) is 73.9 Å². The predicted octanol–water partition coefficient (Wildman–Crippen LogP) is 3.46. The van der Waals surface area contributed by atoms with Gasteiger partial charge in [0.2, 0.25) is 5.16 Å². The summed E-state index contributed by atoms with van der Waals surface area (Å²) in [6.45, 7) is 3.38. The van der Waals surface area contributed by atoms with Crippen molar-refractivity contribution in [3.8, 4) is 0 Å². The Hall–Kier alpha value is -1.54. The van der Waals surface area contributed by atoms with Crippen molar-refractivity contribution < 1.29 is 4.79 Å². The molecule has 3 rings (SSSR count). The van der Waals surface area contributed by atoms with Gasteiger partial charge >= 0.3 is 6.03 Å². The Labute approximate surface area is 156 Å². The fourth-order valence-corrected chi connectivity index (χ4v) is 4.54. The quantitative estimate of drug-likeness (QED) is 0.571. The molecule has 136 valence electrons. The summed E-state index contributed by atoms with van der Waals surface area (Å²) in [4.78, 5) is 20.3. The smallest absolute Gasteiger partial charge is 0.317 e. The first-order chi connectivity index (χ1) is 12.2. The number of carbonyl (C=O) groups is 1. The molecular formula is C17H25N5OS2. The van der Waals surface area contributed by atoms with Gasteiger partial charge in [0, 0.05) is 29.8 Å². The molecule has 0 aromatic carbocycles. The van der Waals surface area contributed by atoms with Crippen molar-refractivity contribution in [3.63, 3.8) is 0 Å². The number of H-pyrrole nitrogens is 1. The lowest BCUT2D eigenvalue weighted by atomic mass is 9.98. The molecule has 1 atom stereocenters. The van der Waals surface area contributed by atoms with Crippen LogP contribution in [0.25, 0.3) is 0 Å². The number of nitrogens with one attached hydrogen (secondary N) is 2. The number of aromatic amines is 1. The lowest BCUT2D eigenvalue weighted by Gasteiger charge is -2.35. The lowest BCUT2D eigenvalue weighted by Crippen LogP contribution is -2.49. The SMILES string of the molecule is Cc1nc(SCCNC(=O)N2CCCC[C@@H]2CCc2cccs2)n[nH]1. The second-order valence-electron chi connectivity index (χ2n) is 6.24. The standard InChI is InChI=1S/C17H25N5OS2/c1-13-19-16(21-20-13)25-12-9-18-17(23)22-10-3-2-5-14(22)7-8-15-6-4-11-24-15/h4,6,11,14H,2-3,5,7-10,12H2,1H3,(H,18,23)(H,19,20,21)/t14-/m1/s1. The Morgan fingerprint density at radius 3 is 3.20 bits per heavy atom. The maximum Gasteiger partial charge on any atom is 0.317 e. The van der Waals surface area contributed by atoms with Gasteiger partial charge in [-0.2, -0.15) is 0 Å². The molecule has 0 spiro atoms. The van der Waals surface area contributed by atoms with Crippen LogP contribution in [0.5, 0.6) is 0 Å². The molecule has 2 N–H and O–H groups in total. The fraction of sp³-hybridized carbons (Fsp3) is 0.588. The first-order valence-corrected chi connectivity index (χ1v) is 10.7. The van der Waals surface area contributed by atoms with Gasteiger partial charge in [-0.05, 0) is 50.5 Å². The molecule has 1 aliphatic heterocycles. The van der Waals surface area contributed by atoms with Crippen LogP contribution in [0, 0.1) is 6.92 Å². The lowest BCUT2D eigenvalue weighted by molar-refractivity contribution is 0.147. The van der Waals surface area contributed by atoms with Gasteiger partial charge < -0.3 is 10.2 Å². The van der Waals surface area contributed by atoms with E-state index in [1.54, 1.807) is 23.1 Å². The van der Waals surface area contributed by atoms with Crippen molar-refractivity contribution in [2.45, 2.75) is 50.2 Å². The Kier molecular flexibility index (Phi) is 6.75. The number of likely N-dealkylation sites (tertiary alicyclic amines) is 1. The molecule has 2 aromatic rings. The van der Waals surface area contributed by atoms with Gasteiger partial charge in [0.1, 0.15) is 5.82 Å². The summed E-state index contributed by atoms with van der Waals surface area (Å²) < 4.78 is 0. The largest absolute Gasteiger partial charge is 0.337 e. The Morgan fingerprint density at radius 1 is 1.52 bits per heavy atom. The van der Waals surface area contributed by atoms with Crippen molar-refractivity contribution in [2.75, 3.05) is 18.8 Å². The van der Waals surface area contributed by atoms with Gasteiger partial charge in [0.05, 0.1) is 0 Å². The van der Waals surface area contributed by atoms with Gasteiger partial charge in [-0.3, -0.25) is 5.10 Å². The second kappa shape index (κ2) is 9.24. The van der Waals surface area contributed by atoms with Gasteiger partial charge in [0.15, 0.2) is 0 Å². The molecule has 1 aliphatic rings. The van der Waals surface area contributed by atoms with Gasteiger partial charge in [-0.25, -0.2) is 9.78 Å². The van der Waals surface area contributed by atoms with E-state index in [-0.39, 0.29) is 6.03 Å². The summed E-state index contributed by atoms with van der Waals surface area (Å²) in [5.74, 6) is 1.59. The van der Waals surface area contributed by atoms with E-state index in [0.717, 1.165) is 49.0 Å². The molecular weight excluding hydrogens is 354 g/mol. The van der Waals surface area contributed by atoms with Crippen LogP contribution in [0.3, 0.4) is 0 Å². The maximum absolute atomic E-state index is 12.6. The molecule has 0 bridgehead atoms. The zero-order valence-electron chi connectivity index (χ0n) is 14.5. The number of aromatic nitrogens is 3. The average molecular weight is 380 g/mol. The zero-order chi connectivity index (χ0) is 17.5. The van der Waals surface area contributed by atoms with Crippen molar-refractivity contribution >= 4 is 29.1 Å². The fourth-order valence-electron chi connectivity index (χ4n) is 3.12. The summed E-state index contributed by atoms with van der Waals surface area (Å²) in [7, 11) is 0. The minimum atomic E-state index is 0.0719. The molecule has 0 unspecified atom stereocenters. The van der Waals surface area contributed by atoms with Crippen molar-refractivity contribution in [2.24, 2.45) is 0 Å². The normalized spacial score (nSPS) is 17.6. The highest BCUT2D eigenvalue weighted by Crippen LogP contribution is 2.22. The number of amides is 2. The molecule has 0 saturated carbocycles. The first-order valence-electron chi connectivity index (χ1n) is 8.81. The highest BCUT2D eigenvalue weighted by Gasteiger charge is 2.26. The van der Waals surface area contributed by atoms with Gasteiger partial charge in [0.25, 0.3) is 0 Å². The van der Waals surface area contributed by atoms with E-state index >= 15 is 0 Å². The van der Waals surface area contributed by atoms with Crippen molar-refractivity contribution in [1.82, 2.24) is 25.4 Å². The highest BCUT2D eigenvalue weighted by atomic mass is 32.2. The Morgan fingerprint density at radius 2 is 2.44 bits per heavy atom. The van der Waals surface area contributed by atoms with E-state index in [2.05, 4.69) is 38.0 Å². The number of urea groups is 1. The molecule has 3 heterocycles. The Balaban J connectivity index is 1.42. The van der Waals surface area contributed by atoms with Crippen LogP contribution >= 0.6 is 23.1 Å². The molecule has 25 heavy (non-hydrogen) atoms. The van der Waals surface area contributed by atoms with Gasteiger partial charge in [-0.15, -0.1) is 16.4 Å². The number of carbonyl (C=O) groups excluding carboxylic acids is 1.